The first-order valence-electron chi connectivity index (χ1n) is 10.4. The summed E-state index contributed by atoms with van der Waals surface area (Å²) in [6, 6.07) is 4.87. The predicted molar refractivity (Wildman–Crippen MR) is 120 cm³/mol. The van der Waals surface area contributed by atoms with Gasteiger partial charge >= 0.3 is 5.69 Å². The van der Waals surface area contributed by atoms with E-state index in [4.69, 9.17) is 28.0 Å². The molecule has 1 aliphatic carbocycles. The molecular weight excluding hydrogens is 456 g/mol. The zero-order valence-corrected chi connectivity index (χ0v) is 18.7. The molecule has 4 aromatic rings. The van der Waals surface area contributed by atoms with Crippen LogP contribution in [0.25, 0.3) is 22.3 Å². The molecule has 3 heterocycles. The van der Waals surface area contributed by atoms with Gasteiger partial charge in [0.2, 0.25) is 0 Å². The van der Waals surface area contributed by atoms with Crippen LogP contribution < -0.4 is 10.5 Å². The number of halogens is 3. The Kier molecular flexibility index (Phi) is 5.43. The quantitative estimate of drug-likeness (QED) is 0.381. The van der Waals surface area contributed by atoms with Crippen LogP contribution in [0.4, 0.5) is 4.39 Å². The molecule has 0 saturated heterocycles. The first kappa shape index (κ1) is 21.0. The number of imidazole rings is 1. The predicted octanol–water partition coefficient (Wildman–Crippen LogP) is 5.34. The van der Waals surface area contributed by atoms with Crippen LogP contribution in [-0.4, -0.2) is 24.5 Å². The summed E-state index contributed by atoms with van der Waals surface area (Å²) in [5.74, 6) is -0.605. The number of rotatable bonds is 6. The molecule has 10 heteroatoms. The Hall–Kier alpha value is -2.84. The largest absolute Gasteiger partial charge is 0.401 e. The molecule has 1 saturated carbocycles. The van der Waals surface area contributed by atoms with E-state index in [1.54, 1.807) is 12.4 Å². The number of fused-ring (bicyclic) bond motifs is 1. The van der Waals surface area contributed by atoms with Gasteiger partial charge in [-0.15, -0.1) is 4.73 Å². The Morgan fingerprint density at radius 3 is 2.81 bits per heavy atom. The van der Waals surface area contributed by atoms with E-state index in [2.05, 4.69) is 15.1 Å². The van der Waals surface area contributed by atoms with E-state index in [-0.39, 0.29) is 10.0 Å². The Morgan fingerprint density at radius 2 is 2.09 bits per heavy atom. The third-order valence-electron chi connectivity index (χ3n) is 5.88. The summed E-state index contributed by atoms with van der Waals surface area (Å²) in [6.07, 6.45) is 8.61. The van der Waals surface area contributed by atoms with Crippen LogP contribution in [0.15, 0.2) is 41.6 Å². The van der Waals surface area contributed by atoms with Crippen LogP contribution in [0.3, 0.4) is 0 Å². The first-order chi connectivity index (χ1) is 15.5. The van der Waals surface area contributed by atoms with Crippen LogP contribution in [0.1, 0.15) is 50.3 Å². The Labute approximate surface area is 192 Å². The van der Waals surface area contributed by atoms with E-state index in [0.29, 0.717) is 29.2 Å². The number of hydrogen-bond donors (Lipinski definition) is 1. The third kappa shape index (κ3) is 3.57. The lowest BCUT2D eigenvalue weighted by molar-refractivity contribution is 0.0350. The van der Waals surface area contributed by atoms with Crippen molar-refractivity contribution in [1.29, 1.82) is 0 Å². The van der Waals surface area contributed by atoms with Crippen molar-refractivity contribution in [3.8, 4) is 11.1 Å². The van der Waals surface area contributed by atoms with Crippen molar-refractivity contribution in [3.63, 3.8) is 0 Å². The number of pyridine rings is 1. The van der Waals surface area contributed by atoms with Gasteiger partial charge in [0.25, 0.3) is 0 Å². The molecule has 1 aliphatic rings. The summed E-state index contributed by atoms with van der Waals surface area (Å²) in [6.45, 7) is 1.83. The molecule has 3 aromatic heterocycles. The molecule has 1 unspecified atom stereocenters. The average Bonchev–Trinajstić information content (AvgIpc) is 3.33. The normalized spacial score (nSPS) is 15.1. The fourth-order valence-corrected chi connectivity index (χ4v) is 4.48. The summed E-state index contributed by atoms with van der Waals surface area (Å²) < 4.78 is 17.2. The van der Waals surface area contributed by atoms with E-state index < -0.39 is 17.6 Å². The second kappa shape index (κ2) is 8.26. The smallest absolute Gasteiger partial charge is 0.360 e. The highest BCUT2D eigenvalue weighted by Crippen LogP contribution is 2.35. The number of nitrogens with one attached hydrogen (secondary N) is 1. The molecule has 7 nitrogen and oxygen atoms in total. The van der Waals surface area contributed by atoms with Crippen molar-refractivity contribution < 1.29 is 9.23 Å². The van der Waals surface area contributed by atoms with Gasteiger partial charge in [-0.05, 0) is 43.9 Å². The molecule has 0 aliphatic heterocycles. The number of hydrogen-bond acceptors (Lipinski definition) is 4. The molecule has 0 spiro atoms. The lowest BCUT2D eigenvalue weighted by Gasteiger charge is -2.25. The van der Waals surface area contributed by atoms with Gasteiger partial charge in [-0.1, -0.05) is 30.1 Å². The molecule has 0 radical (unpaired) electrons. The van der Waals surface area contributed by atoms with Crippen LogP contribution in [0.2, 0.25) is 10.0 Å². The Bertz CT molecular complexity index is 1360. The number of aromatic nitrogens is 5. The average molecular weight is 476 g/mol. The monoisotopic (exact) mass is 475 g/mol. The summed E-state index contributed by atoms with van der Waals surface area (Å²) >= 11 is 12.4. The minimum absolute atomic E-state index is 0.125. The lowest BCUT2D eigenvalue weighted by atomic mass is 9.93. The molecule has 0 bridgehead atoms. The summed E-state index contributed by atoms with van der Waals surface area (Å²) in [5.41, 5.74) is 2.31. The zero-order valence-electron chi connectivity index (χ0n) is 17.2. The number of benzene rings is 1. The highest BCUT2D eigenvalue weighted by molar-refractivity contribution is 6.36. The van der Waals surface area contributed by atoms with E-state index in [1.165, 1.54) is 18.6 Å². The Balaban J connectivity index is 1.53. The van der Waals surface area contributed by atoms with Crippen molar-refractivity contribution in [2.75, 3.05) is 0 Å². The molecule has 1 atom stereocenters. The van der Waals surface area contributed by atoms with E-state index in [9.17, 15) is 9.18 Å². The molecule has 32 heavy (non-hydrogen) atoms. The van der Waals surface area contributed by atoms with E-state index in [0.717, 1.165) is 28.7 Å². The van der Waals surface area contributed by atoms with Crippen molar-refractivity contribution in [2.45, 2.75) is 44.8 Å². The van der Waals surface area contributed by atoms with Gasteiger partial charge < -0.3 is 4.84 Å². The molecule has 1 fully saturated rings. The summed E-state index contributed by atoms with van der Waals surface area (Å²) in [5, 5.41) is 4.60. The van der Waals surface area contributed by atoms with Gasteiger partial charge in [0.15, 0.2) is 11.8 Å². The molecule has 166 valence electrons. The van der Waals surface area contributed by atoms with Crippen LogP contribution in [-0.2, 0) is 0 Å². The molecule has 5 rings (SSSR count). The maximum Gasteiger partial charge on any atom is 0.360 e. The van der Waals surface area contributed by atoms with Crippen molar-refractivity contribution in [3.05, 3.63) is 68.7 Å². The number of H-pyrrole nitrogens is 1. The highest BCUT2D eigenvalue weighted by Gasteiger charge is 2.24. The van der Waals surface area contributed by atoms with Gasteiger partial charge in [0.1, 0.15) is 11.3 Å². The topological polar surface area (TPSA) is 77.7 Å². The van der Waals surface area contributed by atoms with Crippen LogP contribution >= 0.6 is 23.2 Å². The summed E-state index contributed by atoms with van der Waals surface area (Å²) in [4.78, 5) is 25.7. The lowest BCUT2D eigenvalue weighted by Crippen LogP contribution is -2.27. The molecule has 1 N–H and O–H groups in total. The van der Waals surface area contributed by atoms with E-state index in [1.807, 2.05) is 23.9 Å². The SMILES string of the molecule is CCC(On1c(=O)[nH]c2ncc(-c3cnn(C4CCC4)c3)cc21)c1c(Cl)ccc(F)c1Cl. The zero-order chi connectivity index (χ0) is 22.4. The fourth-order valence-electron chi connectivity index (χ4n) is 3.86. The Morgan fingerprint density at radius 1 is 1.28 bits per heavy atom. The van der Waals surface area contributed by atoms with Gasteiger partial charge in [-0.25, -0.2) is 14.2 Å². The minimum atomic E-state index is -0.743. The van der Waals surface area contributed by atoms with Crippen molar-refractivity contribution in [2.24, 2.45) is 0 Å². The molecule has 0 amide bonds. The van der Waals surface area contributed by atoms with Crippen molar-refractivity contribution >= 4 is 34.4 Å². The van der Waals surface area contributed by atoms with Crippen LogP contribution in [0.5, 0.6) is 0 Å². The van der Waals surface area contributed by atoms with Crippen LogP contribution in [0, 0.1) is 5.82 Å². The third-order valence-corrected chi connectivity index (χ3v) is 6.60. The standard InChI is InChI=1S/C22H20Cl2FN5O2/c1-2-18(19-15(23)6-7-16(25)20(19)24)32-30-17-8-12(9-26-21(17)28-22(30)31)13-10-27-29(11-13)14-4-3-5-14/h6-11,14,18H,2-5H2,1H3,(H,26,28,31). The minimum Gasteiger partial charge on any atom is -0.401 e. The second-order valence-corrected chi connectivity index (χ2v) is 8.65. The summed E-state index contributed by atoms with van der Waals surface area (Å²) in [7, 11) is 0. The van der Waals surface area contributed by atoms with Crippen molar-refractivity contribution in [1.82, 2.24) is 24.5 Å². The first-order valence-corrected chi connectivity index (χ1v) is 11.2. The number of nitrogens with zero attached hydrogens (tertiary/aromatic N) is 4. The maximum absolute atomic E-state index is 14.1. The highest BCUT2D eigenvalue weighted by atomic mass is 35.5. The second-order valence-electron chi connectivity index (χ2n) is 7.87. The maximum atomic E-state index is 14.1. The van der Waals surface area contributed by atoms with Gasteiger partial charge in [0, 0.05) is 34.1 Å². The fraction of sp³-hybridized carbons (Fsp3) is 0.318. The van der Waals surface area contributed by atoms with Gasteiger partial charge in [-0.3, -0.25) is 9.67 Å². The molecular formula is C22H20Cl2FN5O2. The van der Waals surface area contributed by atoms with Gasteiger partial charge in [0.05, 0.1) is 17.3 Å². The number of aromatic amines is 1. The van der Waals surface area contributed by atoms with Gasteiger partial charge in [-0.2, -0.15) is 5.10 Å². The molecule has 1 aromatic carbocycles. The van der Waals surface area contributed by atoms with E-state index >= 15 is 0 Å².